The molecule has 1 unspecified atom stereocenters. The molecule has 0 spiro atoms. The van der Waals surface area contributed by atoms with Crippen molar-refractivity contribution in [3.05, 3.63) is 48.3 Å². The van der Waals surface area contributed by atoms with E-state index in [4.69, 9.17) is 0 Å². The molecule has 0 saturated heterocycles. The van der Waals surface area contributed by atoms with Gasteiger partial charge in [0.25, 0.3) is 0 Å². The van der Waals surface area contributed by atoms with Gasteiger partial charge in [0.05, 0.1) is 0 Å². The first-order chi connectivity index (χ1) is 9.78. The van der Waals surface area contributed by atoms with E-state index in [1.807, 2.05) is 12.1 Å². The first kappa shape index (κ1) is 14.3. The molecular formula is C16H22N4. The molecule has 20 heavy (non-hydrogen) atoms. The molecule has 0 aliphatic carbocycles. The number of aromatic nitrogens is 2. The van der Waals surface area contributed by atoms with Crippen LogP contribution < -0.4 is 10.6 Å². The van der Waals surface area contributed by atoms with E-state index in [0.29, 0.717) is 6.04 Å². The van der Waals surface area contributed by atoms with Crippen molar-refractivity contribution in [1.82, 2.24) is 9.97 Å². The molecule has 1 aromatic carbocycles. The second kappa shape index (κ2) is 7.48. The SMILES string of the molecule is CCCNc1cc(NC(C)Cc2ccccc2)ncn1. The van der Waals surface area contributed by atoms with E-state index < -0.39 is 0 Å². The summed E-state index contributed by atoms with van der Waals surface area (Å²) in [6.45, 7) is 5.22. The summed E-state index contributed by atoms with van der Waals surface area (Å²) in [5, 5.41) is 6.68. The molecule has 4 heteroatoms. The Morgan fingerprint density at radius 2 is 1.85 bits per heavy atom. The van der Waals surface area contributed by atoms with Crippen molar-refractivity contribution in [1.29, 1.82) is 0 Å². The highest BCUT2D eigenvalue weighted by molar-refractivity contribution is 5.47. The quantitative estimate of drug-likeness (QED) is 0.810. The lowest BCUT2D eigenvalue weighted by atomic mass is 10.1. The van der Waals surface area contributed by atoms with Gasteiger partial charge in [0.15, 0.2) is 0 Å². The zero-order chi connectivity index (χ0) is 14.2. The van der Waals surface area contributed by atoms with Gasteiger partial charge in [-0.25, -0.2) is 9.97 Å². The van der Waals surface area contributed by atoms with E-state index in [1.165, 1.54) is 5.56 Å². The second-order valence-electron chi connectivity index (χ2n) is 4.95. The van der Waals surface area contributed by atoms with Gasteiger partial charge >= 0.3 is 0 Å². The second-order valence-corrected chi connectivity index (χ2v) is 4.95. The van der Waals surface area contributed by atoms with Crippen LogP contribution in [-0.2, 0) is 6.42 Å². The Balaban J connectivity index is 1.92. The topological polar surface area (TPSA) is 49.8 Å². The van der Waals surface area contributed by atoms with Gasteiger partial charge in [-0.3, -0.25) is 0 Å². The predicted molar refractivity (Wildman–Crippen MR) is 84.0 cm³/mol. The number of nitrogens with one attached hydrogen (secondary N) is 2. The van der Waals surface area contributed by atoms with Crippen LogP contribution in [0.3, 0.4) is 0 Å². The minimum atomic E-state index is 0.325. The molecule has 106 valence electrons. The van der Waals surface area contributed by atoms with Gasteiger partial charge in [-0.1, -0.05) is 37.3 Å². The highest BCUT2D eigenvalue weighted by Crippen LogP contribution is 2.12. The Hall–Kier alpha value is -2.10. The Bertz CT molecular complexity index is 513. The fourth-order valence-corrected chi connectivity index (χ4v) is 2.06. The summed E-state index contributed by atoms with van der Waals surface area (Å²) < 4.78 is 0. The molecule has 0 aliphatic rings. The van der Waals surface area contributed by atoms with Crippen LogP contribution in [0, 0.1) is 0 Å². The number of rotatable bonds is 7. The highest BCUT2D eigenvalue weighted by atomic mass is 15.1. The number of nitrogens with zero attached hydrogens (tertiary/aromatic N) is 2. The molecule has 0 fully saturated rings. The predicted octanol–water partition coefficient (Wildman–Crippen LogP) is 3.34. The van der Waals surface area contributed by atoms with Crippen LogP contribution in [-0.4, -0.2) is 22.6 Å². The summed E-state index contributed by atoms with van der Waals surface area (Å²) in [7, 11) is 0. The van der Waals surface area contributed by atoms with Crippen LogP contribution in [0.2, 0.25) is 0 Å². The molecule has 1 atom stereocenters. The first-order valence-corrected chi connectivity index (χ1v) is 7.14. The van der Waals surface area contributed by atoms with E-state index in [2.05, 4.69) is 58.7 Å². The molecule has 0 bridgehead atoms. The molecule has 0 amide bonds. The molecule has 0 radical (unpaired) electrons. The molecule has 0 saturated carbocycles. The van der Waals surface area contributed by atoms with Crippen molar-refractivity contribution in [3.8, 4) is 0 Å². The lowest BCUT2D eigenvalue weighted by Crippen LogP contribution is -2.19. The molecule has 2 aromatic rings. The fourth-order valence-electron chi connectivity index (χ4n) is 2.06. The largest absolute Gasteiger partial charge is 0.370 e. The van der Waals surface area contributed by atoms with E-state index in [-0.39, 0.29) is 0 Å². The van der Waals surface area contributed by atoms with E-state index in [9.17, 15) is 0 Å². The molecule has 2 rings (SSSR count). The van der Waals surface area contributed by atoms with Crippen LogP contribution in [0.4, 0.5) is 11.6 Å². The third-order valence-electron chi connectivity index (χ3n) is 3.00. The lowest BCUT2D eigenvalue weighted by molar-refractivity contribution is 0.783. The van der Waals surface area contributed by atoms with Gasteiger partial charge < -0.3 is 10.6 Å². The Morgan fingerprint density at radius 1 is 1.10 bits per heavy atom. The van der Waals surface area contributed by atoms with Crippen LogP contribution in [0.15, 0.2) is 42.7 Å². The summed E-state index contributed by atoms with van der Waals surface area (Å²) in [6.07, 6.45) is 3.65. The van der Waals surface area contributed by atoms with Crippen LogP contribution in [0.1, 0.15) is 25.8 Å². The summed E-state index contributed by atoms with van der Waals surface area (Å²) in [5.41, 5.74) is 1.32. The summed E-state index contributed by atoms with van der Waals surface area (Å²) >= 11 is 0. The van der Waals surface area contributed by atoms with Gasteiger partial charge in [0.1, 0.15) is 18.0 Å². The average molecular weight is 270 g/mol. The van der Waals surface area contributed by atoms with Crippen molar-refractivity contribution in [3.63, 3.8) is 0 Å². The average Bonchev–Trinajstić information content (AvgIpc) is 2.46. The monoisotopic (exact) mass is 270 g/mol. The summed E-state index contributed by atoms with van der Waals surface area (Å²) in [4.78, 5) is 8.47. The molecule has 0 aliphatic heterocycles. The zero-order valence-corrected chi connectivity index (χ0v) is 12.1. The maximum atomic E-state index is 4.27. The Labute approximate surface area is 120 Å². The number of anilines is 2. The van der Waals surface area contributed by atoms with Crippen molar-refractivity contribution in [2.24, 2.45) is 0 Å². The van der Waals surface area contributed by atoms with Crippen molar-refractivity contribution < 1.29 is 0 Å². The summed E-state index contributed by atoms with van der Waals surface area (Å²) in [6, 6.07) is 12.7. The van der Waals surface area contributed by atoms with Crippen LogP contribution >= 0.6 is 0 Å². The minimum Gasteiger partial charge on any atom is -0.370 e. The van der Waals surface area contributed by atoms with Crippen molar-refractivity contribution >= 4 is 11.6 Å². The van der Waals surface area contributed by atoms with Crippen LogP contribution in [0.5, 0.6) is 0 Å². The molecule has 2 N–H and O–H groups in total. The van der Waals surface area contributed by atoms with Gasteiger partial charge in [0.2, 0.25) is 0 Å². The lowest BCUT2D eigenvalue weighted by Gasteiger charge is -2.15. The van der Waals surface area contributed by atoms with Gasteiger partial charge in [0, 0.05) is 18.7 Å². The third kappa shape index (κ3) is 4.53. The molecule has 4 nitrogen and oxygen atoms in total. The maximum absolute atomic E-state index is 4.27. The van der Waals surface area contributed by atoms with Crippen molar-refractivity contribution in [2.45, 2.75) is 32.7 Å². The molecular weight excluding hydrogens is 248 g/mol. The Morgan fingerprint density at radius 3 is 2.60 bits per heavy atom. The van der Waals surface area contributed by atoms with Gasteiger partial charge in [-0.2, -0.15) is 0 Å². The Kier molecular flexibility index (Phi) is 5.35. The number of benzene rings is 1. The zero-order valence-electron chi connectivity index (χ0n) is 12.1. The molecule has 1 heterocycles. The van der Waals surface area contributed by atoms with Gasteiger partial charge in [-0.15, -0.1) is 0 Å². The fraction of sp³-hybridized carbons (Fsp3) is 0.375. The normalized spacial score (nSPS) is 11.9. The molecule has 1 aromatic heterocycles. The summed E-state index contributed by atoms with van der Waals surface area (Å²) in [5.74, 6) is 1.73. The number of hydrogen-bond acceptors (Lipinski definition) is 4. The maximum Gasteiger partial charge on any atom is 0.131 e. The van der Waals surface area contributed by atoms with Crippen LogP contribution in [0.25, 0.3) is 0 Å². The standard InChI is InChI=1S/C16H22N4/c1-3-9-17-15-11-16(19-12-18-15)20-13(2)10-14-7-5-4-6-8-14/h4-8,11-13H,3,9-10H2,1-2H3,(H2,17,18,19,20). The van der Waals surface area contributed by atoms with E-state index in [1.54, 1.807) is 6.33 Å². The number of hydrogen-bond donors (Lipinski definition) is 2. The first-order valence-electron chi connectivity index (χ1n) is 7.14. The highest BCUT2D eigenvalue weighted by Gasteiger charge is 2.05. The van der Waals surface area contributed by atoms with E-state index >= 15 is 0 Å². The van der Waals surface area contributed by atoms with Gasteiger partial charge in [-0.05, 0) is 25.3 Å². The minimum absolute atomic E-state index is 0.325. The van der Waals surface area contributed by atoms with E-state index in [0.717, 1.165) is 31.0 Å². The third-order valence-corrected chi connectivity index (χ3v) is 3.00. The van der Waals surface area contributed by atoms with Crippen molar-refractivity contribution in [2.75, 3.05) is 17.2 Å². The smallest absolute Gasteiger partial charge is 0.131 e.